The highest BCUT2D eigenvalue weighted by Crippen LogP contribution is 2.70. The van der Waals surface area contributed by atoms with Gasteiger partial charge in [-0.15, -0.1) is 0 Å². The maximum absolute atomic E-state index is 15.1. The van der Waals surface area contributed by atoms with Gasteiger partial charge in [0.05, 0.1) is 77.8 Å². The number of methoxy groups -OCH3 is 2. The van der Waals surface area contributed by atoms with Gasteiger partial charge in [-0.2, -0.15) is 0 Å². The number of carbonyl (C=O) groups excluding carboxylic acids is 6. The molecule has 20 heteroatoms. The van der Waals surface area contributed by atoms with Crippen LogP contribution in [0.5, 0.6) is 0 Å². The molecule has 0 aromatic heterocycles. The van der Waals surface area contributed by atoms with Gasteiger partial charge < -0.3 is 63.3 Å². The fourth-order valence-electron chi connectivity index (χ4n) is 22.2. The quantitative estimate of drug-likeness (QED) is 0.0704. The minimum absolute atomic E-state index is 0.0416. The van der Waals surface area contributed by atoms with E-state index in [4.69, 9.17) is 42.6 Å². The fourth-order valence-corrected chi connectivity index (χ4v) is 22.2. The normalized spacial score (nSPS) is 38.7. The lowest BCUT2D eigenvalue weighted by atomic mass is 9.40. The lowest BCUT2D eigenvalue weighted by Crippen LogP contribution is -2.74. The molecular weight excluding hydrogens is 1340 g/mol. The minimum Gasteiger partial charge on any atom is -0.456 e. The van der Waals surface area contributed by atoms with Gasteiger partial charge in [0.2, 0.25) is 0 Å². The second-order valence-electron chi connectivity index (χ2n) is 36.2. The van der Waals surface area contributed by atoms with Crippen molar-refractivity contribution in [3.05, 3.63) is 129 Å². The Balaban J connectivity index is 0.000000213. The Labute approximate surface area is 621 Å². The molecule has 2 amide bonds. The number of nitrogens with one attached hydrogen (secondary N) is 1. The summed E-state index contributed by atoms with van der Waals surface area (Å²) in [6.07, 6.45) is -6.15. The number of amides is 2. The van der Waals surface area contributed by atoms with Crippen molar-refractivity contribution in [3.8, 4) is 0 Å². The standard InChI is InChI=1S/C47H63NO9.C38H55NO9/c1-26-18-20-31(21-19-26)41-48(42(51)57-43(5,6)7)37(30-16-14-13-15-17-30)38(56-41)32(49)24-54-33-23-47(52)29(4)39-45(10)25-55-34(45)22-35(53-12)46(39,11)40(50)28(3)36(27(33)2)44(47,8)9;1-20-24(47-32(42)29(40)28(23-15-13-12-14-16-23)39-33(43)48-34(4,5)6)18-38(44)22(3)30-36(9)19-46-25(36)17-26(45-11)37(30,10)31(41)21(2)27(20)35(38,7)8/h13-21,28-29,33-35,37-39,41,52H,22-25H2,1-12H3;12-16,21-22,24-26,28-30,40,44H,17-19H2,1-11H3,(H,39,43)/t28-,29+,33+,34-,35+,37+,38?,39?,41?,45-,46-,47-;21-,22+,24+,25-,26+,28+,29-,30?,36-,37-,38-/m11/s1. The lowest BCUT2D eigenvalue weighted by molar-refractivity contribution is -0.304. The van der Waals surface area contributed by atoms with Crippen LogP contribution in [0.4, 0.5) is 9.59 Å². The molecule has 20 nitrogen and oxygen atoms in total. The number of esters is 1. The Morgan fingerprint density at radius 2 is 1.07 bits per heavy atom. The molecule has 4 saturated carbocycles. The highest BCUT2D eigenvalue weighted by Gasteiger charge is 2.75. The van der Waals surface area contributed by atoms with Gasteiger partial charge in [-0.1, -0.05) is 160 Å². The van der Waals surface area contributed by atoms with Gasteiger partial charge in [0, 0.05) is 79.0 Å². The molecule has 23 atom stereocenters. The molecule has 4 unspecified atom stereocenters. The van der Waals surface area contributed by atoms with E-state index >= 15 is 4.79 Å². The van der Waals surface area contributed by atoms with Crippen molar-refractivity contribution in [2.45, 2.75) is 261 Å². The first kappa shape index (κ1) is 79.8. The zero-order valence-electron chi connectivity index (χ0n) is 66.3. The van der Waals surface area contributed by atoms with Crippen molar-refractivity contribution in [1.82, 2.24) is 10.2 Å². The van der Waals surface area contributed by atoms with E-state index in [-0.39, 0.29) is 89.8 Å². The van der Waals surface area contributed by atoms with Crippen LogP contribution >= 0.6 is 0 Å². The van der Waals surface area contributed by atoms with E-state index in [9.17, 15) is 39.3 Å². The third-order valence-electron chi connectivity index (χ3n) is 27.3. The van der Waals surface area contributed by atoms with E-state index in [0.717, 1.165) is 27.8 Å². The van der Waals surface area contributed by atoms with Crippen LogP contribution in [0.3, 0.4) is 0 Å². The number of alkyl carbamates (subject to hydrolysis) is 1. The molecule has 0 spiro atoms. The molecule has 3 aliphatic heterocycles. The maximum Gasteiger partial charge on any atom is 0.413 e. The van der Waals surface area contributed by atoms with Crippen LogP contribution in [0, 0.1) is 74.9 Å². The minimum atomic E-state index is -1.79. The second-order valence-corrected chi connectivity index (χ2v) is 36.2. The van der Waals surface area contributed by atoms with Crippen molar-refractivity contribution >= 4 is 35.5 Å². The van der Waals surface area contributed by atoms with Crippen LogP contribution in [-0.2, 0) is 61.8 Å². The van der Waals surface area contributed by atoms with Crippen molar-refractivity contribution in [3.63, 3.8) is 0 Å². The van der Waals surface area contributed by atoms with Gasteiger partial charge in [0.15, 0.2) is 18.1 Å². The van der Waals surface area contributed by atoms with E-state index in [2.05, 4.69) is 46.9 Å². The third kappa shape index (κ3) is 13.0. The number of nitrogens with zero attached hydrogens (tertiary/aromatic N) is 1. The van der Waals surface area contributed by atoms with E-state index in [1.807, 2.05) is 138 Å². The molecule has 4 bridgehead atoms. The maximum atomic E-state index is 15.1. The summed E-state index contributed by atoms with van der Waals surface area (Å²) >= 11 is 0. The number of Topliss-reactive ketones (excluding diaryl/α,β-unsaturated/α-hetero) is 3. The predicted octanol–water partition coefficient (Wildman–Crippen LogP) is 13.4. The monoisotopic (exact) mass is 1450 g/mol. The molecule has 105 heavy (non-hydrogen) atoms. The Bertz CT molecular complexity index is 3880. The first-order valence-corrected chi connectivity index (χ1v) is 37.9. The number of fused-ring (bicyclic) bond motifs is 10. The number of aliphatic hydroxyl groups excluding tert-OH is 1. The number of carbonyl (C=O) groups is 6. The largest absolute Gasteiger partial charge is 0.456 e. The molecule has 12 rings (SSSR count). The Morgan fingerprint density at radius 3 is 1.50 bits per heavy atom. The molecular formula is C85H118N2O18. The van der Waals surface area contributed by atoms with Crippen LogP contribution in [-0.4, -0.2) is 161 Å². The number of hydrogen-bond donors (Lipinski definition) is 4. The first-order valence-electron chi connectivity index (χ1n) is 37.9. The van der Waals surface area contributed by atoms with Crippen LogP contribution in [0.2, 0.25) is 0 Å². The van der Waals surface area contributed by atoms with E-state index in [0.29, 0.717) is 42.8 Å². The van der Waals surface area contributed by atoms with Crippen molar-refractivity contribution in [1.29, 1.82) is 0 Å². The van der Waals surface area contributed by atoms with Gasteiger partial charge in [0.25, 0.3) is 0 Å². The van der Waals surface area contributed by atoms with Gasteiger partial charge >= 0.3 is 18.2 Å². The molecule has 0 radical (unpaired) electrons. The molecule has 3 aromatic rings. The Morgan fingerprint density at radius 1 is 0.619 bits per heavy atom. The molecule has 3 heterocycles. The van der Waals surface area contributed by atoms with E-state index in [1.54, 1.807) is 65.3 Å². The number of aryl methyl sites for hydroxylation is 1. The number of aliphatic hydroxyl groups is 3. The third-order valence-corrected chi connectivity index (χ3v) is 27.3. The van der Waals surface area contributed by atoms with Crippen LogP contribution in [0.15, 0.2) is 107 Å². The summed E-state index contributed by atoms with van der Waals surface area (Å²) in [5.41, 5.74) is -2.30. The van der Waals surface area contributed by atoms with Crippen molar-refractivity contribution < 1.29 is 86.7 Å². The number of hydrogen-bond acceptors (Lipinski definition) is 18. The average molecular weight is 1460 g/mol. The summed E-state index contributed by atoms with van der Waals surface area (Å²) in [6.45, 7) is 41.5. The first-order chi connectivity index (χ1) is 48.8. The molecule has 6 aliphatic carbocycles. The Kier molecular flexibility index (Phi) is 21.3. The van der Waals surface area contributed by atoms with Crippen LogP contribution in [0.1, 0.15) is 205 Å². The summed E-state index contributed by atoms with van der Waals surface area (Å²) in [5.74, 6) is -3.61. The van der Waals surface area contributed by atoms with Crippen molar-refractivity contribution in [2.75, 3.05) is 34.0 Å². The summed E-state index contributed by atoms with van der Waals surface area (Å²) in [7, 11) is 3.31. The highest BCUT2D eigenvalue weighted by atomic mass is 16.6. The molecule has 576 valence electrons. The smallest absolute Gasteiger partial charge is 0.413 e. The molecule has 3 aromatic carbocycles. The molecule has 4 N–H and O–H groups in total. The zero-order valence-corrected chi connectivity index (χ0v) is 66.3. The van der Waals surface area contributed by atoms with Gasteiger partial charge in [-0.05, 0) is 133 Å². The molecule has 7 fully saturated rings. The second kappa shape index (κ2) is 28.0. The topological polar surface area (TPSA) is 261 Å². The predicted molar refractivity (Wildman–Crippen MR) is 394 cm³/mol. The Hall–Kier alpha value is -6.20. The average Bonchev–Trinajstić information content (AvgIpc) is 1.02. The summed E-state index contributed by atoms with van der Waals surface area (Å²) < 4.78 is 55.1. The molecule has 3 saturated heterocycles. The lowest BCUT2D eigenvalue weighted by Gasteiger charge is -2.69. The van der Waals surface area contributed by atoms with Gasteiger partial charge in [-0.25, -0.2) is 14.4 Å². The number of ether oxygens (including phenoxy) is 9. The van der Waals surface area contributed by atoms with Crippen molar-refractivity contribution in [2.24, 2.45) is 68.0 Å². The fraction of sp³-hybridized carbons (Fsp3) is 0.671. The zero-order chi connectivity index (χ0) is 77.4. The van der Waals surface area contributed by atoms with E-state index < -0.39 is 123 Å². The summed E-state index contributed by atoms with van der Waals surface area (Å²) in [6, 6.07) is 23.8. The SMILES string of the molecule is CO[C@H]1C[C@H]2OC[C@@]2(C)C2[C@H](C)[C@]3(O)C[C@H](OC(=O)[C@H](O)[C@@H](NC(=O)OC(C)(C)C)c4ccccc4)C(C)=C([C@@H](C)C(=O)[C@@]21C)C3(C)C.CO[C@H]1C[C@H]2OC[C@@]2(C)C2[C@H](C)[C@]3(O)C[C@H](OCC(=O)C4OC(c5ccc(C)cc5)N(C(=O)OC(C)(C)C)[C@H]4c4ccccc4)C(C)=C([C@@H](C)C(=O)[C@@]21C)C3(C)C. The van der Waals surface area contributed by atoms with E-state index in [1.165, 1.54) is 4.90 Å². The number of rotatable bonds is 13. The summed E-state index contributed by atoms with van der Waals surface area (Å²) in [5, 5.41) is 40.5. The molecule has 9 aliphatic rings. The van der Waals surface area contributed by atoms with Gasteiger partial charge in [-0.3, -0.25) is 19.3 Å². The summed E-state index contributed by atoms with van der Waals surface area (Å²) in [4.78, 5) is 86.9. The number of benzene rings is 3. The highest BCUT2D eigenvalue weighted by molar-refractivity contribution is 5.92. The number of ketones is 3. The van der Waals surface area contributed by atoms with Gasteiger partial charge in [0.1, 0.15) is 41.6 Å². The van der Waals surface area contributed by atoms with Crippen LogP contribution in [0.25, 0.3) is 0 Å². The van der Waals surface area contributed by atoms with Crippen LogP contribution < -0.4 is 5.32 Å².